The molecule has 2 aromatic rings. The molecule has 0 saturated heterocycles. The first kappa shape index (κ1) is 9.02. The van der Waals surface area contributed by atoms with E-state index in [4.69, 9.17) is 0 Å². The van der Waals surface area contributed by atoms with Crippen LogP contribution in [0.15, 0.2) is 24.7 Å². The summed E-state index contributed by atoms with van der Waals surface area (Å²) in [4.78, 5) is 14.6. The average molecular weight is 188 g/mol. The van der Waals surface area contributed by atoms with E-state index in [0.717, 1.165) is 23.3 Å². The van der Waals surface area contributed by atoms with Gasteiger partial charge in [-0.2, -0.15) is 0 Å². The fourth-order valence-electron chi connectivity index (χ4n) is 1.33. The standard InChI is InChI=1S/C10H12N4/c1-14(2)6-8-3-4-9-10(13-8)5-11-7-12-9/h3-5,7H,6H2,1-2H3. The molecular formula is C10H12N4. The van der Waals surface area contributed by atoms with Gasteiger partial charge in [-0.3, -0.25) is 0 Å². The van der Waals surface area contributed by atoms with Crippen molar-refractivity contribution >= 4 is 11.0 Å². The smallest absolute Gasteiger partial charge is 0.116 e. The van der Waals surface area contributed by atoms with Crippen LogP contribution in [0.5, 0.6) is 0 Å². The van der Waals surface area contributed by atoms with E-state index in [1.165, 1.54) is 6.33 Å². The van der Waals surface area contributed by atoms with Crippen molar-refractivity contribution in [3.63, 3.8) is 0 Å². The number of hydrogen-bond donors (Lipinski definition) is 0. The third-order valence-corrected chi connectivity index (χ3v) is 1.90. The highest BCUT2D eigenvalue weighted by atomic mass is 15.1. The van der Waals surface area contributed by atoms with Gasteiger partial charge in [0.1, 0.15) is 11.8 Å². The van der Waals surface area contributed by atoms with Gasteiger partial charge in [0, 0.05) is 6.54 Å². The molecule has 2 heterocycles. The Bertz CT molecular complexity index is 439. The van der Waals surface area contributed by atoms with E-state index in [2.05, 4.69) is 19.9 Å². The zero-order chi connectivity index (χ0) is 9.97. The highest BCUT2D eigenvalue weighted by molar-refractivity contribution is 5.72. The van der Waals surface area contributed by atoms with E-state index < -0.39 is 0 Å². The molecule has 0 amide bonds. The van der Waals surface area contributed by atoms with Gasteiger partial charge in [-0.25, -0.2) is 15.0 Å². The number of rotatable bonds is 2. The average Bonchev–Trinajstić information content (AvgIpc) is 2.17. The molecule has 2 rings (SSSR count). The SMILES string of the molecule is CN(C)Cc1ccc2ncncc2n1. The number of aromatic nitrogens is 3. The van der Waals surface area contributed by atoms with Crippen molar-refractivity contribution in [3.05, 3.63) is 30.4 Å². The van der Waals surface area contributed by atoms with Crippen LogP contribution >= 0.6 is 0 Å². The molecule has 0 atom stereocenters. The lowest BCUT2D eigenvalue weighted by atomic mass is 10.3. The van der Waals surface area contributed by atoms with E-state index in [0.29, 0.717) is 0 Å². The Morgan fingerprint density at radius 2 is 2.07 bits per heavy atom. The van der Waals surface area contributed by atoms with Gasteiger partial charge in [0.2, 0.25) is 0 Å². The predicted octanol–water partition coefficient (Wildman–Crippen LogP) is 1.09. The van der Waals surface area contributed by atoms with Crippen LogP contribution in [0.4, 0.5) is 0 Å². The molecule has 0 bridgehead atoms. The number of pyridine rings is 1. The van der Waals surface area contributed by atoms with Crippen molar-refractivity contribution in [2.24, 2.45) is 0 Å². The summed E-state index contributed by atoms with van der Waals surface area (Å²) in [5.74, 6) is 0. The van der Waals surface area contributed by atoms with Gasteiger partial charge >= 0.3 is 0 Å². The van der Waals surface area contributed by atoms with Crippen LogP contribution in [0.3, 0.4) is 0 Å². The first-order valence-corrected chi connectivity index (χ1v) is 4.46. The molecule has 0 radical (unpaired) electrons. The van der Waals surface area contributed by atoms with Crippen molar-refractivity contribution in [2.45, 2.75) is 6.54 Å². The maximum Gasteiger partial charge on any atom is 0.116 e. The molecule has 0 N–H and O–H groups in total. The van der Waals surface area contributed by atoms with Gasteiger partial charge in [-0.1, -0.05) is 0 Å². The molecule has 0 fully saturated rings. The van der Waals surface area contributed by atoms with E-state index in [1.54, 1.807) is 6.20 Å². The lowest BCUT2D eigenvalue weighted by Crippen LogP contribution is -2.11. The summed E-state index contributed by atoms with van der Waals surface area (Å²) in [5.41, 5.74) is 2.78. The van der Waals surface area contributed by atoms with E-state index in [1.807, 2.05) is 26.2 Å². The lowest BCUT2D eigenvalue weighted by molar-refractivity contribution is 0.397. The monoisotopic (exact) mass is 188 g/mol. The van der Waals surface area contributed by atoms with Crippen molar-refractivity contribution in [1.82, 2.24) is 19.9 Å². The van der Waals surface area contributed by atoms with Crippen molar-refractivity contribution in [3.8, 4) is 0 Å². The fraction of sp³-hybridized carbons (Fsp3) is 0.300. The summed E-state index contributed by atoms with van der Waals surface area (Å²) in [6, 6.07) is 3.97. The van der Waals surface area contributed by atoms with Crippen molar-refractivity contribution in [2.75, 3.05) is 14.1 Å². The van der Waals surface area contributed by atoms with Crippen LogP contribution in [0.1, 0.15) is 5.69 Å². The molecule has 4 nitrogen and oxygen atoms in total. The second-order valence-electron chi connectivity index (χ2n) is 3.47. The van der Waals surface area contributed by atoms with E-state index in [9.17, 15) is 0 Å². The molecule has 0 aliphatic carbocycles. The molecule has 72 valence electrons. The van der Waals surface area contributed by atoms with Gasteiger partial charge in [-0.15, -0.1) is 0 Å². The molecule has 2 aromatic heterocycles. The molecule has 0 spiro atoms. The minimum atomic E-state index is 0.838. The Kier molecular flexibility index (Phi) is 2.37. The molecule has 14 heavy (non-hydrogen) atoms. The Balaban J connectivity index is 2.41. The zero-order valence-corrected chi connectivity index (χ0v) is 8.31. The minimum absolute atomic E-state index is 0.838. The fourth-order valence-corrected chi connectivity index (χ4v) is 1.33. The number of nitrogens with zero attached hydrogens (tertiary/aromatic N) is 4. The second-order valence-corrected chi connectivity index (χ2v) is 3.47. The number of hydrogen-bond acceptors (Lipinski definition) is 4. The minimum Gasteiger partial charge on any atom is -0.304 e. The Hall–Kier alpha value is -1.55. The van der Waals surface area contributed by atoms with Crippen LogP contribution < -0.4 is 0 Å². The van der Waals surface area contributed by atoms with E-state index >= 15 is 0 Å². The van der Waals surface area contributed by atoms with Crippen LogP contribution in [0, 0.1) is 0 Å². The summed E-state index contributed by atoms with van der Waals surface area (Å²) in [6.07, 6.45) is 3.27. The highest BCUT2D eigenvalue weighted by Crippen LogP contribution is 2.08. The van der Waals surface area contributed by atoms with Crippen LogP contribution in [0.25, 0.3) is 11.0 Å². The topological polar surface area (TPSA) is 41.9 Å². The normalized spacial score (nSPS) is 11.1. The molecule has 0 aromatic carbocycles. The maximum absolute atomic E-state index is 4.45. The largest absolute Gasteiger partial charge is 0.304 e. The Labute approximate surface area is 82.6 Å². The third-order valence-electron chi connectivity index (χ3n) is 1.90. The predicted molar refractivity (Wildman–Crippen MR) is 54.7 cm³/mol. The molecule has 0 saturated carbocycles. The van der Waals surface area contributed by atoms with Gasteiger partial charge < -0.3 is 4.90 Å². The molecule has 4 heteroatoms. The summed E-state index contributed by atoms with van der Waals surface area (Å²) in [7, 11) is 4.04. The van der Waals surface area contributed by atoms with Gasteiger partial charge in [0.25, 0.3) is 0 Å². The maximum atomic E-state index is 4.45. The van der Waals surface area contributed by atoms with Crippen molar-refractivity contribution < 1.29 is 0 Å². The van der Waals surface area contributed by atoms with Crippen molar-refractivity contribution in [1.29, 1.82) is 0 Å². The first-order chi connectivity index (χ1) is 6.75. The molecule has 0 aliphatic heterocycles. The van der Waals surface area contributed by atoms with Crippen LogP contribution in [-0.2, 0) is 6.54 Å². The van der Waals surface area contributed by atoms with Crippen LogP contribution in [0.2, 0.25) is 0 Å². The third kappa shape index (κ3) is 1.85. The first-order valence-electron chi connectivity index (χ1n) is 4.46. The zero-order valence-electron chi connectivity index (χ0n) is 8.31. The van der Waals surface area contributed by atoms with Gasteiger partial charge in [-0.05, 0) is 26.2 Å². The summed E-state index contributed by atoms with van der Waals surface area (Å²) < 4.78 is 0. The summed E-state index contributed by atoms with van der Waals surface area (Å²) in [5, 5.41) is 0. The Morgan fingerprint density at radius 1 is 1.21 bits per heavy atom. The second kappa shape index (κ2) is 3.67. The summed E-state index contributed by atoms with van der Waals surface area (Å²) in [6.45, 7) is 0.838. The lowest BCUT2D eigenvalue weighted by Gasteiger charge is -2.08. The molecule has 0 aliphatic rings. The quantitative estimate of drug-likeness (QED) is 0.707. The van der Waals surface area contributed by atoms with Gasteiger partial charge in [0.15, 0.2) is 0 Å². The van der Waals surface area contributed by atoms with Gasteiger partial charge in [0.05, 0.1) is 17.4 Å². The number of fused-ring (bicyclic) bond motifs is 1. The molecular weight excluding hydrogens is 176 g/mol. The molecule has 0 unspecified atom stereocenters. The Morgan fingerprint density at radius 3 is 2.86 bits per heavy atom. The summed E-state index contributed by atoms with van der Waals surface area (Å²) >= 11 is 0. The highest BCUT2D eigenvalue weighted by Gasteiger charge is 1.99. The van der Waals surface area contributed by atoms with Crippen LogP contribution in [-0.4, -0.2) is 33.9 Å². The van der Waals surface area contributed by atoms with E-state index in [-0.39, 0.29) is 0 Å².